The minimum absolute atomic E-state index is 0.253. The van der Waals surface area contributed by atoms with Crippen LogP contribution in [0.15, 0.2) is 55.1 Å². The lowest BCUT2D eigenvalue weighted by molar-refractivity contribution is 0.312. The van der Waals surface area contributed by atoms with Crippen molar-refractivity contribution < 1.29 is 13.2 Å². The Balaban J connectivity index is 1.46. The van der Waals surface area contributed by atoms with Crippen LogP contribution in [-0.2, 0) is 12.8 Å². The van der Waals surface area contributed by atoms with Gasteiger partial charge in [-0.25, -0.2) is 13.2 Å². The summed E-state index contributed by atoms with van der Waals surface area (Å²) in [6, 6.07) is 12.2. The number of rotatable bonds is 7. The molecule has 1 fully saturated rings. The fraction of sp³-hybridized carbons (Fsp3) is 0.357. The molecule has 0 saturated heterocycles. The summed E-state index contributed by atoms with van der Waals surface area (Å²) in [6.45, 7) is 3.82. The van der Waals surface area contributed by atoms with Crippen LogP contribution in [0.1, 0.15) is 61.1 Å². The normalized spacial score (nSPS) is 18.8. The second-order valence-electron chi connectivity index (χ2n) is 8.98. The van der Waals surface area contributed by atoms with Gasteiger partial charge in [0.1, 0.15) is 22.5 Å². The molecule has 0 amide bonds. The predicted octanol–water partition coefficient (Wildman–Crippen LogP) is 8.94. The zero-order chi connectivity index (χ0) is 22.7. The van der Waals surface area contributed by atoms with E-state index in [9.17, 15) is 8.78 Å². The Labute approximate surface area is 193 Å². The standard InChI is InChI=1S/C28H28ClF3/c1-2-3-4-18-5-8-20(9-6-18)22-13-14-24-23(17-22)12-11-21(28(24)32)10-7-19-15-25(30)27(29)26(31)16-19/h2,11-18,20H,1,3-10H2. The van der Waals surface area contributed by atoms with Crippen LogP contribution in [0.3, 0.4) is 0 Å². The molecule has 0 nitrogen and oxygen atoms in total. The van der Waals surface area contributed by atoms with Gasteiger partial charge in [0.05, 0.1) is 0 Å². The molecule has 4 heteroatoms. The van der Waals surface area contributed by atoms with Gasteiger partial charge in [0, 0.05) is 5.39 Å². The molecular formula is C28H28ClF3. The number of aryl methyl sites for hydroxylation is 2. The number of hydrogen-bond acceptors (Lipinski definition) is 0. The highest BCUT2D eigenvalue weighted by molar-refractivity contribution is 6.30. The molecule has 0 aromatic heterocycles. The van der Waals surface area contributed by atoms with Crippen LogP contribution < -0.4 is 0 Å². The zero-order valence-electron chi connectivity index (χ0n) is 18.1. The van der Waals surface area contributed by atoms with Crippen molar-refractivity contribution in [3.8, 4) is 0 Å². The molecule has 0 radical (unpaired) electrons. The molecule has 168 valence electrons. The van der Waals surface area contributed by atoms with E-state index in [1.165, 1.54) is 49.8 Å². The Morgan fingerprint density at radius 2 is 1.62 bits per heavy atom. The van der Waals surface area contributed by atoms with Gasteiger partial charge in [-0.05, 0) is 97.4 Å². The number of allylic oxidation sites excluding steroid dienone is 1. The Morgan fingerprint density at radius 1 is 0.906 bits per heavy atom. The van der Waals surface area contributed by atoms with Gasteiger partial charge in [-0.15, -0.1) is 6.58 Å². The van der Waals surface area contributed by atoms with Crippen LogP contribution in [0.5, 0.6) is 0 Å². The van der Waals surface area contributed by atoms with Gasteiger partial charge < -0.3 is 0 Å². The number of halogens is 4. The first kappa shape index (κ1) is 22.9. The number of benzene rings is 3. The number of hydrogen-bond donors (Lipinski definition) is 0. The van der Waals surface area contributed by atoms with Gasteiger partial charge in [-0.2, -0.15) is 0 Å². The van der Waals surface area contributed by atoms with Crippen LogP contribution in [0.25, 0.3) is 10.8 Å². The Morgan fingerprint density at radius 3 is 2.31 bits per heavy atom. The van der Waals surface area contributed by atoms with E-state index in [1.807, 2.05) is 18.2 Å². The topological polar surface area (TPSA) is 0 Å². The van der Waals surface area contributed by atoms with Crippen LogP contribution in [0, 0.1) is 23.4 Å². The summed E-state index contributed by atoms with van der Waals surface area (Å²) in [5.74, 6) is -0.493. The molecular weight excluding hydrogens is 429 g/mol. The van der Waals surface area contributed by atoms with E-state index in [0.29, 0.717) is 35.3 Å². The van der Waals surface area contributed by atoms with E-state index in [-0.39, 0.29) is 5.82 Å². The molecule has 1 saturated carbocycles. The molecule has 3 aromatic rings. The fourth-order valence-electron chi connectivity index (χ4n) is 4.97. The summed E-state index contributed by atoms with van der Waals surface area (Å²) in [6.07, 6.45) is 9.88. The Kier molecular flexibility index (Phi) is 7.25. The highest BCUT2D eigenvalue weighted by atomic mass is 35.5. The molecule has 1 aliphatic carbocycles. The average molecular weight is 457 g/mol. The lowest BCUT2D eigenvalue weighted by atomic mass is 9.77. The highest BCUT2D eigenvalue weighted by Crippen LogP contribution is 2.38. The van der Waals surface area contributed by atoms with E-state index in [4.69, 9.17) is 11.6 Å². The summed E-state index contributed by atoms with van der Waals surface area (Å²) < 4.78 is 42.5. The van der Waals surface area contributed by atoms with Crippen molar-refractivity contribution >= 4 is 22.4 Å². The van der Waals surface area contributed by atoms with E-state index in [0.717, 1.165) is 17.7 Å². The van der Waals surface area contributed by atoms with E-state index in [2.05, 4.69) is 18.7 Å². The first-order valence-corrected chi connectivity index (χ1v) is 11.8. The monoisotopic (exact) mass is 456 g/mol. The number of fused-ring (bicyclic) bond motifs is 1. The summed E-state index contributed by atoms with van der Waals surface area (Å²) in [5, 5.41) is 0.993. The summed E-state index contributed by atoms with van der Waals surface area (Å²) in [7, 11) is 0. The third-order valence-electron chi connectivity index (χ3n) is 6.88. The first-order valence-electron chi connectivity index (χ1n) is 11.4. The maximum atomic E-state index is 15.2. The molecule has 0 N–H and O–H groups in total. The minimum atomic E-state index is -0.789. The molecule has 1 aliphatic rings. The van der Waals surface area contributed by atoms with Gasteiger partial charge in [0.15, 0.2) is 0 Å². The fourth-order valence-corrected chi connectivity index (χ4v) is 5.08. The van der Waals surface area contributed by atoms with Crippen molar-refractivity contribution in [1.29, 1.82) is 0 Å². The molecule has 4 rings (SSSR count). The maximum absolute atomic E-state index is 15.2. The van der Waals surface area contributed by atoms with Crippen molar-refractivity contribution in [3.05, 3.63) is 94.3 Å². The van der Waals surface area contributed by atoms with Gasteiger partial charge in [-0.1, -0.05) is 48.0 Å². The zero-order valence-corrected chi connectivity index (χ0v) is 18.9. The van der Waals surface area contributed by atoms with E-state index in [1.54, 1.807) is 6.07 Å². The predicted molar refractivity (Wildman–Crippen MR) is 127 cm³/mol. The molecule has 0 spiro atoms. The SMILES string of the molecule is C=CCCC1CCC(c2ccc3c(F)c(CCc4cc(F)c(Cl)c(F)c4)ccc3c2)CC1. The van der Waals surface area contributed by atoms with Crippen molar-refractivity contribution in [2.24, 2.45) is 5.92 Å². The summed E-state index contributed by atoms with van der Waals surface area (Å²) >= 11 is 5.54. The van der Waals surface area contributed by atoms with Gasteiger partial charge in [0.2, 0.25) is 0 Å². The molecule has 0 heterocycles. The molecule has 0 unspecified atom stereocenters. The quantitative estimate of drug-likeness (QED) is 0.246. The Hall–Kier alpha value is -2.26. The van der Waals surface area contributed by atoms with Crippen molar-refractivity contribution in [3.63, 3.8) is 0 Å². The van der Waals surface area contributed by atoms with E-state index >= 15 is 4.39 Å². The van der Waals surface area contributed by atoms with Crippen LogP contribution >= 0.6 is 11.6 Å². The average Bonchev–Trinajstić information content (AvgIpc) is 2.81. The Bertz CT molecular complexity index is 1090. The van der Waals surface area contributed by atoms with Crippen LogP contribution in [0.4, 0.5) is 13.2 Å². The minimum Gasteiger partial charge on any atom is -0.206 e. The van der Waals surface area contributed by atoms with Crippen LogP contribution in [-0.4, -0.2) is 0 Å². The molecule has 3 aromatic carbocycles. The molecule has 0 atom stereocenters. The van der Waals surface area contributed by atoms with Crippen LogP contribution in [0.2, 0.25) is 5.02 Å². The molecule has 32 heavy (non-hydrogen) atoms. The molecule has 0 bridgehead atoms. The molecule has 0 aliphatic heterocycles. The van der Waals surface area contributed by atoms with Gasteiger partial charge in [-0.3, -0.25) is 0 Å². The second-order valence-corrected chi connectivity index (χ2v) is 9.35. The maximum Gasteiger partial charge on any atom is 0.145 e. The van der Waals surface area contributed by atoms with Crippen molar-refractivity contribution in [2.75, 3.05) is 0 Å². The first-order chi connectivity index (χ1) is 15.5. The third kappa shape index (κ3) is 5.04. The second kappa shape index (κ2) is 10.1. The van der Waals surface area contributed by atoms with E-state index < -0.39 is 16.7 Å². The summed E-state index contributed by atoms with van der Waals surface area (Å²) in [4.78, 5) is 0. The lowest BCUT2D eigenvalue weighted by Crippen LogP contribution is -2.13. The largest absolute Gasteiger partial charge is 0.206 e. The summed E-state index contributed by atoms with van der Waals surface area (Å²) in [5.41, 5.74) is 2.30. The third-order valence-corrected chi connectivity index (χ3v) is 7.24. The van der Waals surface area contributed by atoms with Gasteiger partial charge >= 0.3 is 0 Å². The van der Waals surface area contributed by atoms with Crippen molar-refractivity contribution in [1.82, 2.24) is 0 Å². The lowest BCUT2D eigenvalue weighted by Gasteiger charge is -2.28. The van der Waals surface area contributed by atoms with Gasteiger partial charge in [0.25, 0.3) is 0 Å². The smallest absolute Gasteiger partial charge is 0.145 e. The highest BCUT2D eigenvalue weighted by Gasteiger charge is 2.22. The van der Waals surface area contributed by atoms with Crippen molar-refractivity contribution in [2.45, 2.75) is 57.3 Å².